The fourth-order valence-corrected chi connectivity index (χ4v) is 2.83. The molecule has 0 saturated carbocycles. The van der Waals surface area contributed by atoms with Crippen molar-refractivity contribution in [2.45, 2.75) is 20.3 Å². The van der Waals surface area contributed by atoms with Crippen LogP contribution >= 0.6 is 0 Å². The normalized spacial score (nSPS) is 18.4. The van der Waals surface area contributed by atoms with E-state index in [0.717, 1.165) is 36.4 Å². The van der Waals surface area contributed by atoms with Gasteiger partial charge in [0.05, 0.1) is 13.1 Å². The van der Waals surface area contributed by atoms with Gasteiger partial charge < -0.3 is 15.2 Å². The molecular weight excluding hydrogens is 280 g/mol. The Morgan fingerprint density at radius 3 is 2.77 bits per heavy atom. The smallest absolute Gasteiger partial charge is 0.234 e. The van der Waals surface area contributed by atoms with Gasteiger partial charge in [0.1, 0.15) is 12.4 Å². The SMILES string of the molecule is Cc1cccc(C)c1OCCNC(=O)CN1CCC(CO)C1. The van der Waals surface area contributed by atoms with Gasteiger partial charge in [0, 0.05) is 13.2 Å². The van der Waals surface area contributed by atoms with E-state index in [9.17, 15) is 4.79 Å². The number of rotatable bonds is 7. The minimum Gasteiger partial charge on any atom is -0.491 e. The van der Waals surface area contributed by atoms with Gasteiger partial charge in [0.15, 0.2) is 0 Å². The van der Waals surface area contributed by atoms with Crippen molar-refractivity contribution >= 4 is 5.91 Å². The molecule has 0 spiro atoms. The van der Waals surface area contributed by atoms with E-state index in [-0.39, 0.29) is 12.5 Å². The van der Waals surface area contributed by atoms with Crippen molar-refractivity contribution in [2.75, 3.05) is 39.4 Å². The number of ether oxygens (including phenoxy) is 1. The summed E-state index contributed by atoms with van der Waals surface area (Å²) in [5.74, 6) is 1.24. The lowest BCUT2D eigenvalue weighted by Gasteiger charge is -2.16. The van der Waals surface area contributed by atoms with Gasteiger partial charge in [0.2, 0.25) is 5.91 Å². The second-order valence-electron chi connectivity index (χ2n) is 5.99. The van der Waals surface area contributed by atoms with Crippen molar-refractivity contribution in [3.05, 3.63) is 29.3 Å². The summed E-state index contributed by atoms with van der Waals surface area (Å²) in [6.07, 6.45) is 0.972. The Bertz CT molecular complexity index is 484. The highest BCUT2D eigenvalue weighted by Crippen LogP contribution is 2.21. The van der Waals surface area contributed by atoms with Crippen molar-refractivity contribution in [1.82, 2.24) is 10.2 Å². The van der Waals surface area contributed by atoms with Crippen LogP contribution in [-0.2, 0) is 4.79 Å². The summed E-state index contributed by atoms with van der Waals surface area (Å²) in [5, 5.41) is 12.0. The summed E-state index contributed by atoms with van der Waals surface area (Å²) in [4.78, 5) is 14.0. The average Bonchev–Trinajstić information content (AvgIpc) is 2.93. The maximum Gasteiger partial charge on any atom is 0.234 e. The summed E-state index contributed by atoms with van der Waals surface area (Å²) in [5.41, 5.74) is 2.22. The van der Waals surface area contributed by atoms with Crippen molar-refractivity contribution in [1.29, 1.82) is 0 Å². The molecule has 1 heterocycles. The number of aryl methyl sites for hydroxylation is 2. The number of carbonyl (C=O) groups is 1. The lowest BCUT2D eigenvalue weighted by atomic mass is 10.1. The van der Waals surface area contributed by atoms with E-state index in [1.807, 2.05) is 32.0 Å². The van der Waals surface area contributed by atoms with Gasteiger partial charge in [-0.15, -0.1) is 0 Å². The highest BCUT2D eigenvalue weighted by atomic mass is 16.5. The highest BCUT2D eigenvalue weighted by Gasteiger charge is 2.23. The first-order valence-electron chi connectivity index (χ1n) is 7.89. The van der Waals surface area contributed by atoms with Crippen molar-refractivity contribution in [3.8, 4) is 5.75 Å². The molecule has 0 radical (unpaired) electrons. The Morgan fingerprint density at radius 2 is 2.14 bits per heavy atom. The lowest BCUT2D eigenvalue weighted by Crippen LogP contribution is -2.38. The topological polar surface area (TPSA) is 61.8 Å². The zero-order valence-corrected chi connectivity index (χ0v) is 13.5. The maximum atomic E-state index is 11.9. The number of likely N-dealkylation sites (tertiary alicyclic amines) is 1. The molecule has 1 atom stereocenters. The summed E-state index contributed by atoms with van der Waals surface area (Å²) in [7, 11) is 0. The van der Waals surface area contributed by atoms with Gasteiger partial charge in [-0.1, -0.05) is 18.2 Å². The van der Waals surface area contributed by atoms with Gasteiger partial charge in [-0.2, -0.15) is 0 Å². The number of aliphatic hydroxyl groups is 1. The number of carbonyl (C=O) groups excluding carboxylic acids is 1. The monoisotopic (exact) mass is 306 g/mol. The quantitative estimate of drug-likeness (QED) is 0.741. The summed E-state index contributed by atoms with van der Waals surface area (Å²) in [6, 6.07) is 6.05. The first-order valence-corrected chi connectivity index (χ1v) is 7.89. The van der Waals surface area contributed by atoms with E-state index in [0.29, 0.717) is 25.6 Å². The molecule has 0 aliphatic carbocycles. The summed E-state index contributed by atoms with van der Waals surface area (Å²) in [6.45, 7) is 7.32. The largest absolute Gasteiger partial charge is 0.491 e. The molecule has 1 amide bonds. The molecule has 5 heteroatoms. The minimum atomic E-state index is 0.0173. The van der Waals surface area contributed by atoms with Crippen LogP contribution in [0.4, 0.5) is 0 Å². The Balaban J connectivity index is 1.65. The number of amides is 1. The molecule has 0 bridgehead atoms. The van der Waals surface area contributed by atoms with E-state index in [4.69, 9.17) is 9.84 Å². The molecule has 1 aliphatic heterocycles. The number of para-hydroxylation sites is 1. The molecule has 1 saturated heterocycles. The molecule has 0 aromatic heterocycles. The zero-order chi connectivity index (χ0) is 15.9. The molecule has 1 unspecified atom stereocenters. The molecule has 2 N–H and O–H groups in total. The zero-order valence-electron chi connectivity index (χ0n) is 13.5. The van der Waals surface area contributed by atoms with Crippen molar-refractivity contribution < 1.29 is 14.6 Å². The number of nitrogens with zero attached hydrogens (tertiary/aromatic N) is 1. The van der Waals surface area contributed by atoms with E-state index >= 15 is 0 Å². The van der Waals surface area contributed by atoms with Crippen LogP contribution in [0.25, 0.3) is 0 Å². The first kappa shape index (κ1) is 16.8. The number of hydrogen-bond acceptors (Lipinski definition) is 4. The number of hydrogen-bond donors (Lipinski definition) is 2. The molecular formula is C17H26N2O3. The molecule has 1 aromatic carbocycles. The predicted octanol–water partition coefficient (Wildman–Crippen LogP) is 1.11. The third kappa shape index (κ3) is 4.71. The van der Waals surface area contributed by atoms with Crippen LogP contribution in [-0.4, -0.2) is 55.3 Å². The fraction of sp³-hybridized carbons (Fsp3) is 0.588. The Labute approximate surface area is 132 Å². The van der Waals surface area contributed by atoms with Crippen LogP contribution in [0.5, 0.6) is 5.75 Å². The standard InChI is InChI=1S/C17H26N2O3/c1-13-4-3-5-14(2)17(13)22-9-7-18-16(21)11-19-8-6-15(10-19)12-20/h3-5,15,20H,6-12H2,1-2H3,(H,18,21). The summed E-state index contributed by atoms with van der Waals surface area (Å²) < 4.78 is 5.76. The third-order valence-corrected chi connectivity index (χ3v) is 4.07. The predicted molar refractivity (Wildman–Crippen MR) is 86.1 cm³/mol. The van der Waals surface area contributed by atoms with Crippen LogP contribution in [0.2, 0.25) is 0 Å². The van der Waals surface area contributed by atoms with Gasteiger partial charge in [-0.25, -0.2) is 0 Å². The van der Waals surface area contributed by atoms with Crippen LogP contribution in [0.1, 0.15) is 17.5 Å². The molecule has 122 valence electrons. The molecule has 22 heavy (non-hydrogen) atoms. The number of benzene rings is 1. The Hall–Kier alpha value is -1.59. The third-order valence-electron chi connectivity index (χ3n) is 4.07. The fourth-order valence-electron chi connectivity index (χ4n) is 2.83. The van der Waals surface area contributed by atoms with Crippen LogP contribution < -0.4 is 10.1 Å². The minimum absolute atomic E-state index is 0.0173. The second kappa shape index (κ2) is 8.15. The van der Waals surface area contributed by atoms with E-state index in [2.05, 4.69) is 10.2 Å². The van der Waals surface area contributed by atoms with Crippen molar-refractivity contribution in [3.63, 3.8) is 0 Å². The van der Waals surface area contributed by atoms with Crippen LogP contribution in [0.3, 0.4) is 0 Å². The Kier molecular flexibility index (Phi) is 6.21. The number of nitrogens with one attached hydrogen (secondary N) is 1. The van der Waals surface area contributed by atoms with Crippen LogP contribution in [0, 0.1) is 19.8 Å². The molecule has 1 aromatic rings. The highest BCUT2D eigenvalue weighted by molar-refractivity contribution is 5.78. The molecule has 1 aliphatic rings. The van der Waals surface area contributed by atoms with Gasteiger partial charge in [-0.05, 0) is 43.9 Å². The van der Waals surface area contributed by atoms with Crippen LogP contribution in [0.15, 0.2) is 18.2 Å². The molecule has 5 nitrogen and oxygen atoms in total. The Morgan fingerprint density at radius 1 is 1.41 bits per heavy atom. The number of aliphatic hydroxyl groups excluding tert-OH is 1. The second-order valence-corrected chi connectivity index (χ2v) is 5.99. The van der Waals surface area contributed by atoms with E-state index < -0.39 is 0 Å². The van der Waals surface area contributed by atoms with Crippen molar-refractivity contribution in [2.24, 2.45) is 5.92 Å². The summed E-state index contributed by atoms with van der Waals surface area (Å²) >= 11 is 0. The first-order chi connectivity index (χ1) is 10.6. The molecule has 2 rings (SSSR count). The van der Waals surface area contributed by atoms with Gasteiger partial charge >= 0.3 is 0 Å². The average molecular weight is 306 g/mol. The van der Waals surface area contributed by atoms with Gasteiger partial charge in [0.25, 0.3) is 0 Å². The lowest BCUT2D eigenvalue weighted by molar-refractivity contribution is -0.122. The van der Waals surface area contributed by atoms with Gasteiger partial charge in [-0.3, -0.25) is 9.69 Å². The maximum absolute atomic E-state index is 11.9. The molecule has 1 fully saturated rings. The van der Waals surface area contributed by atoms with E-state index in [1.54, 1.807) is 0 Å². The van der Waals surface area contributed by atoms with E-state index in [1.165, 1.54) is 0 Å².